The summed E-state index contributed by atoms with van der Waals surface area (Å²) in [4.78, 5) is 0. The van der Waals surface area contributed by atoms with Gasteiger partial charge in [0.1, 0.15) is 0 Å². The van der Waals surface area contributed by atoms with Gasteiger partial charge in [-0.2, -0.15) is 4.40 Å². The highest BCUT2D eigenvalue weighted by molar-refractivity contribution is 6.36. The number of pyridine rings is 2. The standard InChI is InChI=1S/C27H16N/c1-2-5-17(6-3-1)21-12-11-20-14-16-28-15-13-19-10-9-18-7-4-8-22-23(18)24(19)27(28)25(20)26(21)22/h1-16H/q+1. The minimum atomic E-state index is 1.27. The number of benzene rings is 5. The molecule has 0 saturated heterocycles. The summed E-state index contributed by atoms with van der Waals surface area (Å²) in [6.45, 7) is 0. The number of rotatable bonds is 1. The van der Waals surface area contributed by atoms with Crippen LogP contribution in [0.15, 0.2) is 97.3 Å². The third-order valence-corrected chi connectivity index (χ3v) is 6.23. The molecule has 2 aromatic heterocycles. The van der Waals surface area contributed by atoms with Gasteiger partial charge in [-0.05, 0) is 32.7 Å². The number of nitrogens with zero attached hydrogens (tertiary/aromatic N) is 1. The monoisotopic (exact) mass is 354 g/mol. The molecule has 5 aromatic carbocycles. The molecule has 0 saturated carbocycles. The Kier molecular flexibility index (Phi) is 2.54. The van der Waals surface area contributed by atoms with Gasteiger partial charge in [0.15, 0.2) is 12.4 Å². The minimum absolute atomic E-state index is 1.27. The fourth-order valence-corrected chi connectivity index (χ4v) is 5.05. The van der Waals surface area contributed by atoms with Crippen molar-refractivity contribution in [1.82, 2.24) is 0 Å². The van der Waals surface area contributed by atoms with Gasteiger partial charge >= 0.3 is 0 Å². The Morgan fingerprint density at radius 2 is 1.14 bits per heavy atom. The molecule has 0 aliphatic carbocycles. The second-order valence-corrected chi connectivity index (χ2v) is 7.64. The average molecular weight is 354 g/mol. The molecule has 0 aliphatic rings. The van der Waals surface area contributed by atoms with Gasteiger partial charge in [0, 0.05) is 22.9 Å². The maximum atomic E-state index is 2.29. The van der Waals surface area contributed by atoms with E-state index in [1.807, 2.05) is 0 Å². The Morgan fingerprint density at radius 3 is 1.93 bits per heavy atom. The minimum Gasteiger partial charge on any atom is -0.166 e. The molecule has 128 valence electrons. The van der Waals surface area contributed by atoms with Crippen molar-refractivity contribution in [3.05, 3.63) is 97.3 Å². The van der Waals surface area contributed by atoms with E-state index in [-0.39, 0.29) is 0 Å². The summed E-state index contributed by atoms with van der Waals surface area (Å²) in [5.74, 6) is 0. The maximum Gasteiger partial charge on any atom is 0.227 e. The molecule has 1 nitrogen and oxygen atoms in total. The highest BCUT2D eigenvalue weighted by atomic mass is 14.8. The Morgan fingerprint density at radius 1 is 0.464 bits per heavy atom. The zero-order chi connectivity index (χ0) is 18.2. The summed E-state index contributed by atoms with van der Waals surface area (Å²) < 4.78 is 2.29. The van der Waals surface area contributed by atoms with E-state index in [4.69, 9.17) is 0 Å². The zero-order valence-corrected chi connectivity index (χ0v) is 15.2. The smallest absolute Gasteiger partial charge is 0.166 e. The lowest BCUT2D eigenvalue weighted by atomic mass is 9.86. The van der Waals surface area contributed by atoms with Crippen LogP contribution in [0.5, 0.6) is 0 Å². The lowest BCUT2D eigenvalue weighted by molar-refractivity contribution is -0.509. The largest absolute Gasteiger partial charge is 0.227 e. The van der Waals surface area contributed by atoms with E-state index < -0.39 is 0 Å². The summed E-state index contributed by atoms with van der Waals surface area (Å²) in [5, 5.41) is 10.7. The average Bonchev–Trinajstić information content (AvgIpc) is 2.77. The summed E-state index contributed by atoms with van der Waals surface area (Å²) >= 11 is 0. The number of hydrogen-bond donors (Lipinski definition) is 0. The second-order valence-electron chi connectivity index (χ2n) is 7.64. The molecule has 2 heterocycles. The van der Waals surface area contributed by atoms with Crippen molar-refractivity contribution in [3.63, 3.8) is 0 Å². The van der Waals surface area contributed by atoms with E-state index in [0.717, 1.165) is 0 Å². The first-order chi connectivity index (χ1) is 13.9. The van der Waals surface area contributed by atoms with Crippen LogP contribution in [0.4, 0.5) is 0 Å². The molecular formula is C27H16N+. The Bertz CT molecular complexity index is 1630. The van der Waals surface area contributed by atoms with Crippen molar-refractivity contribution in [3.8, 4) is 11.1 Å². The van der Waals surface area contributed by atoms with Crippen molar-refractivity contribution >= 4 is 48.6 Å². The van der Waals surface area contributed by atoms with Crippen LogP contribution in [0.3, 0.4) is 0 Å². The van der Waals surface area contributed by atoms with Crippen LogP contribution in [0.25, 0.3) is 59.7 Å². The van der Waals surface area contributed by atoms with Gasteiger partial charge < -0.3 is 0 Å². The molecule has 0 spiro atoms. The summed E-state index contributed by atoms with van der Waals surface area (Å²) in [6.07, 6.45) is 4.38. The first-order valence-corrected chi connectivity index (χ1v) is 9.71. The molecule has 0 atom stereocenters. The molecule has 0 bridgehead atoms. The molecule has 1 heteroatoms. The number of aromatic nitrogens is 1. The summed E-state index contributed by atoms with van der Waals surface area (Å²) in [6, 6.07) is 31.0. The van der Waals surface area contributed by atoms with Crippen molar-refractivity contribution in [2.75, 3.05) is 0 Å². The van der Waals surface area contributed by atoms with Crippen LogP contribution >= 0.6 is 0 Å². The van der Waals surface area contributed by atoms with Crippen LogP contribution in [0.2, 0.25) is 0 Å². The molecule has 0 fully saturated rings. The lowest BCUT2D eigenvalue weighted by Crippen LogP contribution is -2.21. The van der Waals surface area contributed by atoms with Crippen LogP contribution in [-0.4, -0.2) is 0 Å². The molecular weight excluding hydrogens is 338 g/mol. The van der Waals surface area contributed by atoms with Gasteiger partial charge in [-0.15, -0.1) is 0 Å². The van der Waals surface area contributed by atoms with Gasteiger partial charge in [-0.3, -0.25) is 0 Å². The van der Waals surface area contributed by atoms with E-state index in [1.165, 1.54) is 59.7 Å². The molecule has 7 aromatic rings. The van der Waals surface area contributed by atoms with E-state index in [1.54, 1.807) is 0 Å². The van der Waals surface area contributed by atoms with Gasteiger partial charge in [-0.25, -0.2) is 0 Å². The maximum absolute atomic E-state index is 2.29. The number of hydrogen-bond acceptors (Lipinski definition) is 0. The van der Waals surface area contributed by atoms with Crippen LogP contribution in [-0.2, 0) is 0 Å². The molecule has 7 rings (SSSR count). The van der Waals surface area contributed by atoms with Crippen LogP contribution in [0.1, 0.15) is 0 Å². The van der Waals surface area contributed by atoms with Gasteiger partial charge in [0.25, 0.3) is 0 Å². The first kappa shape index (κ1) is 14.4. The Labute approximate surface area is 161 Å². The molecule has 28 heavy (non-hydrogen) atoms. The first-order valence-electron chi connectivity index (χ1n) is 9.71. The van der Waals surface area contributed by atoms with Crippen molar-refractivity contribution in [2.45, 2.75) is 0 Å². The van der Waals surface area contributed by atoms with Crippen molar-refractivity contribution in [1.29, 1.82) is 0 Å². The van der Waals surface area contributed by atoms with Crippen LogP contribution < -0.4 is 4.40 Å². The molecule has 0 amide bonds. The normalized spacial score (nSPS) is 12.3. The highest BCUT2D eigenvalue weighted by Gasteiger charge is 2.23. The second kappa shape index (κ2) is 4.96. The molecule has 0 N–H and O–H groups in total. The third-order valence-electron chi connectivity index (χ3n) is 6.23. The summed E-state index contributed by atoms with van der Waals surface area (Å²) in [5.41, 5.74) is 3.90. The highest BCUT2D eigenvalue weighted by Crippen LogP contribution is 2.44. The van der Waals surface area contributed by atoms with E-state index >= 15 is 0 Å². The van der Waals surface area contributed by atoms with Gasteiger partial charge in [-0.1, -0.05) is 72.8 Å². The van der Waals surface area contributed by atoms with E-state index in [2.05, 4.69) is 102 Å². The fraction of sp³-hybridized carbons (Fsp3) is 0. The summed E-state index contributed by atoms with van der Waals surface area (Å²) in [7, 11) is 0. The van der Waals surface area contributed by atoms with E-state index in [0.29, 0.717) is 0 Å². The predicted octanol–water partition coefficient (Wildman–Crippen LogP) is 6.58. The topological polar surface area (TPSA) is 4.10 Å². The molecule has 0 radical (unpaired) electrons. The van der Waals surface area contributed by atoms with Crippen LogP contribution in [0, 0.1) is 0 Å². The quantitative estimate of drug-likeness (QED) is 0.178. The fourth-order valence-electron chi connectivity index (χ4n) is 5.05. The zero-order valence-electron chi connectivity index (χ0n) is 15.2. The lowest BCUT2D eigenvalue weighted by Gasteiger charge is -2.16. The Balaban J connectivity index is 1.90. The molecule has 0 unspecified atom stereocenters. The third kappa shape index (κ3) is 1.65. The molecule has 0 aliphatic heterocycles. The predicted molar refractivity (Wildman–Crippen MR) is 117 cm³/mol. The Hall–Kier alpha value is -3.71. The SMILES string of the molecule is c1ccc(-c2ccc3cc[n+]4ccc5ccc6cccc7c2c3c4c5c67)cc1. The van der Waals surface area contributed by atoms with Crippen molar-refractivity contribution < 1.29 is 4.40 Å². The number of fused-ring (bicyclic) bond motifs is 1. The van der Waals surface area contributed by atoms with Gasteiger partial charge in [0.05, 0.1) is 10.8 Å². The van der Waals surface area contributed by atoms with Gasteiger partial charge in [0.2, 0.25) is 5.52 Å². The van der Waals surface area contributed by atoms with E-state index in [9.17, 15) is 0 Å². The van der Waals surface area contributed by atoms with Crippen molar-refractivity contribution in [2.24, 2.45) is 0 Å².